The molecule has 3 rings (SSSR count). The van der Waals surface area contributed by atoms with Crippen LogP contribution in [0.2, 0.25) is 0 Å². The van der Waals surface area contributed by atoms with E-state index in [-0.39, 0.29) is 17.8 Å². The minimum Gasteiger partial charge on any atom is -0.206 e. The van der Waals surface area contributed by atoms with Crippen LogP contribution in [0.5, 0.6) is 0 Å². The van der Waals surface area contributed by atoms with Crippen molar-refractivity contribution in [2.45, 2.75) is 96.3 Å². The van der Waals surface area contributed by atoms with E-state index in [1.165, 1.54) is 50.7 Å². The fourth-order valence-electron chi connectivity index (χ4n) is 4.92. The molecule has 2 aromatic rings. The minimum absolute atomic E-state index is 0.0115. The molecule has 0 nitrogen and oxygen atoms in total. The van der Waals surface area contributed by atoms with Crippen LogP contribution in [-0.2, 0) is 5.92 Å². The molecule has 0 bridgehead atoms. The van der Waals surface area contributed by atoms with Gasteiger partial charge < -0.3 is 0 Å². The molecule has 1 fully saturated rings. The Bertz CT molecular complexity index is 802. The van der Waals surface area contributed by atoms with Gasteiger partial charge in [0.1, 0.15) is 5.82 Å². The van der Waals surface area contributed by atoms with Gasteiger partial charge in [0.2, 0.25) is 0 Å². The summed E-state index contributed by atoms with van der Waals surface area (Å²) in [6.45, 7) is 4.15. The summed E-state index contributed by atoms with van der Waals surface area (Å²) in [4.78, 5) is 0. The van der Waals surface area contributed by atoms with Crippen molar-refractivity contribution in [2.24, 2.45) is 5.92 Å². The third kappa shape index (κ3) is 6.37. The number of benzene rings is 2. The number of rotatable bonds is 10. The molecule has 0 spiro atoms. The molecule has 0 N–H and O–H groups in total. The summed E-state index contributed by atoms with van der Waals surface area (Å²) < 4.78 is 43.4. The zero-order valence-corrected chi connectivity index (χ0v) is 19.1. The van der Waals surface area contributed by atoms with E-state index in [4.69, 9.17) is 0 Å². The summed E-state index contributed by atoms with van der Waals surface area (Å²) in [5.74, 6) is -1.81. The van der Waals surface area contributed by atoms with E-state index < -0.39 is 5.92 Å². The Hall–Kier alpha value is -1.77. The molecule has 0 radical (unpaired) electrons. The van der Waals surface area contributed by atoms with E-state index in [0.717, 1.165) is 30.7 Å². The number of halogens is 3. The van der Waals surface area contributed by atoms with Crippen molar-refractivity contribution in [3.8, 4) is 11.1 Å². The molecule has 0 atom stereocenters. The number of alkyl halides is 2. The summed E-state index contributed by atoms with van der Waals surface area (Å²) >= 11 is 0. The minimum atomic E-state index is -2.83. The average molecular weight is 431 g/mol. The Labute approximate surface area is 186 Å². The lowest BCUT2D eigenvalue weighted by Gasteiger charge is -2.29. The zero-order chi connectivity index (χ0) is 22.3. The molecule has 0 saturated heterocycles. The van der Waals surface area contributed by atoms with Crippen LogP contribution in [0.3, 0.4) is 0 Å². The van der Waals surface area contributed by atoms with Gasteiger partial charge in [-0.3, -0.25) is 0 Å². The van der Waals surface area contributed by atoms with Gasteiger partial charge in [-0.25, -0.2) is 13.2 Å². The molecule has 0 aliphatic heterocycles. The second-order valence-corrected chi connectivity index (χ2v) is 9.34. The van der Waals surface area contributed by atoms with E-state index in [1.807, 2.05) is 19.1 Å². The Morgan fingerprint density at radius 1 is 0.839 bits per heavy atom. The first-order chi connectivity index (χ1) is 14.9. The molecule has 1 aliphatic carbocycles. The van der Waals surface area contributed by atoms with E-state index >= 15 is 0 Å². The lowest BCUT2D eigenvalue weighted by atomic mass is 9.77. The van der Waals surface area contributed by atoms with Gasteiger partial charge in [0.15, 0.2) is 0 Å². The zero-order valence-electron chi connectivity index (χ0n) is 19.1. The largest absolute Gasteiger partial charge is 0.273 e. The third-order valence-electron chi connectivity index (χ3n) is 6.99. The Balaban J connectivity index is 1.63. The molecule has 1 aliphatic rings. The lowest BCUT2D eigenvalue weighted by Crippen LogP contribution is -2.13. The molecule has 0 heterocycles. The monoisotopic (exact) mass is 430 g/mol. The van der Waals surface area contributed by atoms with E-state index in [2.05, 4.69) is 6.92 Å². The van der Waals surface area contributed by atoms with Crippen LogP contribution in [0, 0.1) is 11.7 Å². The highest BCUT2D eigenvalue weighted by Crippen LogP contribution is 2.39. The van der Waals surface area contributed by atoms with Crippen molar-refractivity contribution in [1.29, 1.82) is 0 Å². The molecule has 0 amide bonds. The molecule has 170 valence electrons. The SMILES string of the molecule is CCCCC[C@H]1CC[C@H](c2ccc(-c3ccc(C(F)(F)CCCC)cc3)c(F)c2)CC1. The summed E-state index contributed by atoms with van der Waals surface area (Å²) in [5.41, 5.74) is 2.23. The Morgan fingerprint density at radius 3 is 2.13 bits per heavy atom. The highest BCUT2D eigenvalue weighted by atomic mass is 19.3. The average Bonchev–Trinajstić information content (AvgIpc) is 2.78. The van der Waals surface area contributed by atoms with Crippen LogP contribution >= 0.6 is 0 Å². The van der Waals surface area contributed by atoms with Crippen molar-refractivity contribution in [2.75, 3.05) is 0 Å². The molecule has 31 heavy (non-hydrogen) atoms. The molecule has 0 unspecified atom stereocenters. The molecule has 1 saturated carbocycles. The number of unbranched alkanes of at least 4 members (excludes halogenated alkanes) is 3. The Morgan fingerprint density at radius 2 is 1.52 bits per heavy atom. The number of hydrogen-bond acceptors (Lipinski definition) is 0. The van der Waals surface area contributed by atoms with Crippen LogP contribution in [0.25, 0.3) is 11.1 Å². The summed E-state index contributed by atoms with van der Waals surface area (Å²) in [6.07, 6.45) is 11.1. The molecule has 3 heteroatoms. The van der Waals surface area contributed by atoms with Gasteiger partial charge in [-0.05, 0) is 61.1 Å². The summed E-state index contributed by atoms with van der Waals surface area (Å²) in [6, 6.07) is 11.6. The van der Waals surface area contributed by atoms with Crippen molar-refractivity contribution < 1.29 is 13.2 Å². The maximum absolute atomic E-state index is 14.9. The predicted octanol–water partition coefficient (Wildman–Crippen LogP) is 9.63. The van der Waals surface area contributed by atoms with Gasteiger partial charge in [0.25, 0.3) is 5.92 Å². The van der Waals surface area contributed by atoms with E-state index in [1.54, 1.807) is 18.2 Å². The summed E-state index contributed by atoms with van der Waals surface area (Å²) in [5, 5.41) is 0. The fraction of sp³-hybridized carbons (Fsp3) is 0.571. The van der Waals surface area contributed by atoms with Crippen LogP contribution in [0.1, 0.15) is 102 Å². The van der Waals surface area contributed by atoms with Gasteiger partial charge >= 0.3 is 0 Å². The van der Waals surface area contributed by atoms with Crippen molar-refractivity contribution >= 4 is 0 Å². The van der Waals surface area contributed by atoms with Gasteiger partial charge in [-0.1, -0.05) is 82.3 Å². The van der Waals surface area contributed by atoms with Crippen LogP contribution in [-0.4, -0.2) is 0 Å². The standard InChI is InChI=1S/C28H37F3/c1-3-5-7-8-21-9-11-22(12-10-21)24-15-18-26(27(29)20-24)23-13-16-25(17-14-23)28(30,31)19-6-4-2/h13-18,20-22H,3-12,19H2,1-2H3/t21-,22-. The quantitative estimate of drug-likeness (QED) is 0.329. The Kier molecular flexibility index (Phi) is 8.63. The highest BCUT2D eigenvalue weighted by molar-refractivity contribution is 5.65. The predicted molar refractivity (Wildman–Crippen MR) is 124 cm³/mol. The van der Waals surface area contributed by atoms with Crippen LogP contribution in [0.4, 0.5) is 13.2 Å². The maximum atomic E-state index is 14.9. The van der Waals surface area contributed by atoms with Gasteiger partial charge in [-0.15, -0.1) is 0 Å². The fourth-order valence-corrected chi connectivity index (χ4v) is 4.92. The van der Waals surface area contributed by atoms with Crippen molar-refractivity contribution in [3.63, 3.8) is 0 Å². The smallest absolute Gasteiger partial charge is 0.206 e. The number of hydrogen-bond donors (Lipinski definition) is 0. The molecule has 2 aromatic carbocycles. The highest BCUT2D eigenvalue weighted by Gasteiger charge is 2.30. The van der Waals surface area contributed by atoms with Crippen molar-refractivity contribution in [1.82, 2.24) is 0 Å². The molecular weight excluding hydrogens is 393 g/mol. The third-order valence-corrected chi connectivity index (χ3v) is 6.99. The second kappa shape index (κ2) is 11.2. The van der Waals surface area contributed by atoms with Crippen molar-refractivity contribution in [3.05, 3.63) is 59.4 Å². The van der Waals surface area contributed by atoms with E-state index in [0.29, 0.717) is 23.5 Å². The van der Waals surface area contributed by atoms with Crippen LogP contribution < -0.4 is 0 Å². The van der Waals surface area contributed by atoms with Gasteiger partial charge in [0.05, 0.1) is 0 Å². The van der Waals surface area contributed by atoms with Crippen LogP contribution in [0.15, 0.2) is 42.5 Å². The molecule has 0 aromatic heterocycles. The maximum Gasteiger partial charge on any atom is 0.273 e. The first kappa shape index (κ1) is 23.9. The first-order valence-electron chi connectivity index (χ1n) is 12.2. The summed E-state index contributed by atoms with van der Waals surface area (Å²) in [7, 11) is 0. The topological polar surface area (TPSA) is 0 Å². The second-order valence-electron chi connectivity index (χ2n) is 9.34. The molecular formula is C28H37F3. The van der Waals surface area contributed by atoms with Gasteiger partial charge in [0, 0.05) is 17.5 Å². The van der Waals surface area contributed by atoms with Gasteiger partial charge in [-0.2, -0.15) is 0 Å². The normalized spacial score (nSPS) is 19.5. The van der Waals surface area contributed by atoms with E-state index in [9.17, 15) is 13.2 Å². The lowest BCUT2D eigenvalue weighted by molar-refractivity contribution is -0.0154. The first-order valence-corrected chi connectivity index (χ1v) is 12.2.